The molecule has 168 valence electrons. The minimum Gasteiger partial charge on any atom is -0.395 e. The molecule has 0 aromatic heterocycles. The number of primary amides is 1. The van der Waals surface area contributed by atoms with Crippen LogP contribution in [0.1, 0.15) is 18.4 Å². The lowest BCUT2D eigenvalue weighted by Crippen LogP contribution is -2.60. The first kappa shape index (κ1) is 23.2. The number of carbonyl (C=O) groups excluding carboxylic acids is 3. The zero-order valence-corrected chi connectivity index (χ0v) is 18.2. The summed E-state index contributed by atoms with van der Waals surface area (Å²) in [6, 6.07) is 5.83. The molecule has 0 radical (unpaired) electrons. The number of nitrogens with two attached hydrogens (primary N) is 1. The molecule has 1 aliphatic carbocycles. The van der Waals surface area contributed by atoms with Gasteiger partial charge in [0.1, 0.15) is 11.5 Å². The molecule has 2 unspecified atom stereocenters. The number of methoxy groups -OCH3 is 1. The van der Waals surface area contributed by atoms with E-state index in [1.54, 1.807) is 31.4 Å². The highest BCUT2D eigenvalue weighted by atomic mass is 35.5. The number of carbonyl (C=O) groups is 3. The SMILES string of the molecule is COCC1(CNC(=O)C2C=CC(Cc3ccc(Cl)cc3)(C(N)=O)C(=O)N2CCO)CC1. The Balaban J connectivity index is 1.83. The first-order valence-electron chi connectivity index (χ1n) is 10.2. The Labute approximate surface area is 186 Å². The molecule has 1 aliphatic heterocycles. The minimum atomic E-state index is -1.65. The lowest BCUT2D eigenvalue weighted by atomic mass is 9.76. The Morgan fingerprint density at radius 1 is 1.32 bits per heavy atom. The van der Waals surface area contributed by atoms with Crippen molar-refractivity contribution in [2.24, 2.45) is 16.6 Å². The summed E-state index contributed by atoms with van der Waals surface area (Å²) in [6.07, 6.45) is 4.90. The van der Waals surface area contributed by atoms with E-state index in [1.165, 1.54) is 17.1 Å². The average Bonchev–Trinajstić information content (AvgIpc) is 3.51. The van der Waals surface area contributed by atoms with Crippen LogP contribution in [0.2, 0.25) is 5.02 Å². The van der Waals surface area contributed by atoms with Crippen molar-refractivity contribution in [1.82, 2.24) is 10.2 Å². The predicted octanol–water partition coefficient (Wildman–Crippen LogP) is 0.656. The van der Waals surface area contributed by atoms with Crippen LogP contribution in [0.3, 0.4) is 0 Å². The van der Waals surface area contributed by atoms with E-state index in [4.69, 9.17) is 22.1 Å². The third-order valence-corrected chi connectivity index (χ3v) is 6.28. The lowest BCUT2D eigenvalue weighted by molar-refractivity contribution is -0.152. The Hall–Kier alpha value is -2.42. The van der Waals surface area contributed by atoms with Gasteiger partial charge in [-0.3, -0.25) is 14.4 Å². The number of benzene rings is 1. The van der Waals surface area contributed by atoms with Crippen LogP contribution in [0.15, 0.2) is 36.4 Å². The number of nitrogens with zero attached hydrogens (tertiary/aromatic N) is 1. The Morgan fingerprint density at radius 2 is 2.00 bits per heavy atom. The number of halogens is 1. The molecule has 2 aliphatic rings. The summed E-state index contributed by atoms with van der Waals surface area (Å²) in [7, 11) is 1.62. The summed E-state index contributed by atoms with van der Waals surface area (Å²) >= 11 is 5.92. The number of hydrogen-bond acceptors (Lipinski definition) is 5. The molecule has 3 rings (SSSR count). The first-order chi connectivity index (χ1) is 14.8. The molecule has 0 saturated heterocycles. The van der Waals surface area contributed by atoms with Crippen LogP contribution < -0.4 is 11.1 Å². The molecule has 31 heavy (non-hydrogen) atoms. The van der Waals surface area contributed by atoms with Crippen molar-refractivity contribution in [1.29, 1.82) is 0 Å². The molecule has 2 atom stereocenters. The fourth-order valence-corrected chi connectivity index (χ4v) is 4.08. The topological polar surface area (TPSA) is 122 Å². The molecule has 1 fully saturated rings. The smallest absolute Gasteiger partial charge is 0.246 e. The Kier molecular flexibility index (Phi) is 7.03. The Bertz CT molecular complexity index is 868. The molecule has 3 amide bonds. The van der Waals surface area contributed by atoms with Gasteiger partial charge in [0.2, 0.25) is 17.7 Å². The number of aliphatic hydroxyl groups is 1. The molecule has 4 N–H and O–H groups in total. The molecule has 1 aromatic carbocycles. The number of rotatable bonds is 10. The van der Waals surface area contributed by atoms with Crippen molar-refractivity contribution in [2.75, 3.05) is 33.4 Å². The molecule has 0 bridgehead atoms. The summed E-state index contributed by atoms with van der Waals surface area (Å²) in [4.78, 5) is 39.9. The second-order valence-electron chi connectivity index (χ2n) is 8.32. The van der Waals surface area contributed by atoms with Gasteiger partial charge in [0.15, 0.2) is 0 Å². The zero-order valence-electron chi connectivity index (χ0n) is 17.5. The van der Waals surface area contributed by atoms with Gasteiger partial charge in [0.05, 0.1) is 13.2 Å². The van der Waals surface area contributed by atoms with Crippen LogP contribution in [0.25, 0.3) is 0 Å². The highest BCUT2D eigenvalue weighted by Gasteiger charge is 2.50. The van der Waals surface area contributed by atoms with Gasteiger partial charge >= 0.3 is 0 Å². The van der Waals surface area contributed by atoms with Crippen LogP contribution in [-0.2, 0) is 25.5 Å². The molecule has 1 heterocycles. The van der Waals surface area contributed by atoms with Crippen LogP contribution in [-0.4, -0.2) is 67.2 Å². The monoisotopic (exact) mass is 449 g/mol. The number of hydrogen-bond donors (Lipinski definition) is 3. The van der Waals surface area contributed by atoms with E-state index in [2.05, 4.69) is 5.32 Å². The van der Waals surface area contributed by atoms with Crippen LogP contribution in [0.5, 0.6) is 0 Å². The maximum Gasteiger partial charge on any atom is 0.246 e. The normalized spacial score (nSPS) is 24.2. The summed E-state index contributed by atoms with van der Waals surface area (Å²) in [6.45, 7) is 0.544. The van der Waals surface area contributed by atoms with Gasteiger partial charge in [0.25, 0.3) is 0 Å². The second-order valence-corrected chi connectivity index (χ2v) is 8.75. The standard InChI is InChI=1S/C22H28ClN3O5/c1-31-14-21(8-9-21)13-25-18(28)17-6-7-22(19(24)29,20(30)26(17)10-11-27)12-15-2-4-16(23)5-3-15/h2-7,17,27H,8-14H2,1H3,(H2,24,29)(H,25,28). The third kappa shape index (κ3) is 4.92. The van der Waals surface area contributed by atoms with Crippen LogP contribution >= 0.6 is 11.6 Å². The molecule has 8 nitrogen and oxygen atoms in total. The summed E-state index contributed by atoms with van der Waals surface area (Å²) < 4.78 is 5.22. The number of ether oxygens (including phenoxy) is 1. The highest BCUT2D eigenvalue weighted by molar-refractivity contribution is 6.30. The average molecular weight is 450 g/mol. The van der Waals surface area contributed by atoms with E-state index in [1.807, 2.05) is 0 Å². The molecule has 0 spiro atoms. The van der Waals surface area contributed by atoms with Crippen molar-refractivity contribution < 1.29 is 24.2 Å². The number of nitrogens with one attached hydrogen (secondary N) is 1. The van der Waals surface area contributed by atoms with E-state index >= 15 is 0 Å². The largest absolute Gasteiger partial charge is 0.395 e. The van der Waals surface area contributed by atoms with Crippen molar-refractivity contribution in [2.45, 2.75) is 25.3 Å². The summed E-state index contributed by atoms with van der Waals surface area (Å²) in [5.41, 5.74) is 4.66. The summed E-state index contributed by atoms with van der Waals surface area (Å²) in [5, 5.41) is 12.9. The molecule has 1 aromatic rings. The number of β-amino-alcohol motifs (C(OH)–C–C–N with tert-alkyl or cyclic N) is 1. The Morgan fingerprint density at radius 3 is 2.55 bits per heavy atom. The van der Waals surface area contributed by atoms with Gasteiger partial charge in [-0.25, -0.2) is 0 Å². The molecular weight excluding hydrogens is 422 g/mol. The van der Waals surface area contributed by atoms with E-state index in [-0.39, 0.29) is 30.9 Å². The third-order valence-electron chi connectivity index (χ3n) is 6.03. The van der Waals surface area contributed by atoms with Gasteiger partial charge in [-0.1, -0.05) is 35.9 Å². The molecule has 9 heteroatoms. The molecule has 1 saturated carbocycles. The van der Waals surface area contributed by atoms with E-state index < -0.39 is 23.3 Å². The lowest BCUT2D eigenvalue weighted by Gasteiger charge is -2.40. The van der Waals surface area contributed by atoms with Crippen molar-refractivity contribution >= 4 is 29.3 Å². The van der Waals surface area contributed by atoms with Crippen molar-refractivity contribution in [3.63, 3.8) is 0 Å². The van der Waals surface area contributed by atoms with Gasteiger partial charge in [-0.2, -0.15) is 0 Å². The van der Waals surface area contributed by atoms with Crippen LogP contribution in [0, 0.1) is 10.8 Å². The maximum absolute atomic E-state index is 13.4. The highest BCUT2D eigenvalue weighted by Crippen LogP contribution is 2.45. The fraction of sp³-hybridized carbons (Fsp3) is 0.500. The van der Waals surface area contributed by atoms with Crippen LogP contribution in [0.4, 0.5) is 0 Å². The van der Waals surface area contributed by atoms with E-state index in [0.29, 0.717) is 23.7 Å². The second kappa shape index (κ2) is 9.38. The van der Waals surface area contributed by atoms with Gasteiger partial charge < -0.3 is 25.8 Å². The van der Waals surface area contributed by atoms with Gasteiger partial charge in [-0.05, 0) is 37.0 Å². The molecular formula is C22H28ClN3O5. The van der Waals surface area contributed by atoms with Crippen molar-refractivity contribution in [3.05, 3.63) is 47.0 Å². The quantitative estimate of drug-likeness (QED) is 0.357. The number of aliphatic hydroxyl groups excluding tert-OH is 1. The van der Waals surface area contributed by atoms with Gasteiger partial charge in [0, 0.05) is 30.6 Å². The summed E-state index contributed by atoms with van der Waals surface area (Å²) in [5.74, 6) is -1.79. The predicted molar refractivity (Wildman–Crippen MR) is 115 cm³/mol. The zero-order chi connectivity index (χ0) is 22.6. The fourth-order valence-electron chi connectivity index (χ4n) is 3.96. The minimum absolute atomic E-state index is 0.0298. The van der Waals surface area contributed by atoms with Crippen molar-refractivity contribution in [3.8, 4) is 0 Å². The first-order valence-corrected chi connectivity index (χ1v) is 10.6. The van der Waals surface area contributed by atoms with E-state index in [9.17, 15) is 19.5 Å². The maximum atomic E-state index is 13.4. The van der Waals surface area contributed by atoms with Gasteiger partial charge in [-0.15, -0.1) is 0 Å². The number of amides is 3. The van der Waals surface area contributed by atoms with E-state index in [0.717, 1.165) is 12.8 Å².